The molecule has 1 amide bonds. The predicted molar refractivity (Wildman–Crippen MR) is 76.0 cm³/mol. The van der Waals surface area contributed by atoms with Crippen molar-refractivity contribution in [1.82, 2.24) is 10.9 Å². The van der Waals surface area contributed by atoms with E-state index in [-0.39, 0.29) is 11.8 Å². The zero-order valence-electron chi connectivity index (χ0n) is 10.3. The van der Waals surface area contributed by atoms with Crippen molar-refractivity contribution in [3.05, 3.63) is 29.8 Å². The summed E-state index contributed by atoms with van der Waals surface area (Å²) in [5.41, 5.74) is 7.49. The molecule has 0 aromatic heterocycles. The predicted octanol–water partition coefficient (Wildman–Crippen LogP) is 1.98. The van der Waals surface area contributed by atoms with Crippen LogP contribution < -0.4 is 16.2 Å². The first-order valence-corrected chi connectivity index (χ1v) is 6.56. The van der Waals surface area contributed by atoms with Crippen LogP contribution in [0.25, 0.3) is 0 Å². The molecule has 0 aliphatic heterocycles. The molecule has 96 valence electrons. The second kappa shape index (κ2) is 5.82. The van der Waals surface area contributed by atoms with Gasteiger partial charge in [0.25, 0.3) is 0 Å². The number of carbonyl (C=O) groups is 1. The summed E-state index contributed by atoms with van der Waals surface area (Å²) in [6.07, 6.45) is 2.89. The summed E-state index contributed by atoms with van der Waals surface area (Å²) in [6.45, 7) is 2.09. The van der Waals surface area contributed by atoms with E-state index >= 15 is 0 Å². The summed E-state index contributed by atoms with van der Waals surface area (Å²) in [5, 5.41) is 3.49. The Morgan fingerprint density at radius 3 is 2.72 bits per heavy atom. The quantitative estimate of drug-likeness (QED) is 0.576. The highest BCUT2D eigenvalue weighted by Crippen LogP contribution is 2.28. The molecule has 1 fully saturated rings. The lowest BCUT2D eigenvalue weighted by molar-refractivity contribution is -0.122. The molecule has 0 heterocycles. The van der Waals surface area contributed by atoms with Gasteiger partial charge in [0.05, 0.1) is 0 Å². The summed E-state index contributed by atoms with van der Waals surface area (Å²) in [6, 6.07) is 7.96. The third kappa shape index (κ3) is 3.43. The highest BCUT2D eigenvalue weighted by molar-refractivity contribution is 7.80. The second-order valence-electron chi connectivity index (χ2n) is 4.35. The van der Waals surface area contributed by atoms with E-state index in [0.717, 1.165) is 24.9 Å². The molecule has 4 nitrogen and oxygen atoms in total. The number of anilines is 1. The van der Waals surface area contributed by atoms with Crippen molar-refractivity contribution in [1.29, 1.82) is 0 Å². The van der Waals surface area contributed by atoms with Crippen LogP contribution in [0.3, 0.4) is 0 Å². The number of benzene rings is 1. The van der Waals surface area contributed by atoms with Gasteiger partial charge in [0.15, 0.2) is 5.11 Å². The van der Waals surface area contributed by atoms with Crippen LogP contribution in [0.5, 0.6) is 0 Å². The maximum atomic E-state index is 11.4. The van der Waals surface area contributed by atoms with E-state index in [1.807, 2.05) is 24.3 Å². The molecule has 1 aromatic carbocycles. The number of para-hydroxylation sites is 1. The summed E-state index contributed by atoms with van der Waals surface area (Å²) >= 11 is 5.13. The molecular weight excluding hydrogens is 246 g/mol. The smallest absolute Gasteiger partial charge is 0.241 e. The Labute approximate surface area is 112 Å². The van der Waals surface area contributed by atoms with E-state index in [4.69, 9.17) is 12.2 Å². The minimum absolute atomic E-state index is 0.0166. The minimum atomic E-state index is 0.0166. The van der Waals surface area contributed by atoms with Gasteiger partial charge in [-0.05, 0) is 43.1 Å². The molecule has 1 aliphatic rings. The monoisotopic (exact) mass is 263 g/mol. The molecule has 1 aliphatic carbocycles. The van der Waals surface area contributed by atoms with Gasteiger partial charge in [-0.25, -0.2) is 0 Å². The van der Waals surface area contributed by atoms with Gasteiger partial charge in [-0.2, -0.15) is 0 Å². The van der Waals surface area contributed by atoms with Crippen LogP contribution in [0.1, 0.15) is 25.3 Å². The van der Waals surface area contributed by atoms with Gasteiger partial charge in [-0.15, -0.1) is 0 Å². The molecule has 3 N–H and O–H groups in total. The molecule has 0 saturated heterocycles. The molecule has 1 saturated carbocycles. The van der Waals surface area contributed by atoms with Crippen LogP contribution in [0.2, 0.25) is 0 Å². The van der Waals surface area contributed by atoms with Crippen molar-refractivity contribution in [2.24, 2.45) is 5.92 Å². The molecule has 1 aromatic rings. The summed E-state index contributed by atoms with van der Waals surface area (Å²) in [5.74, 6) is 0.186. The van der Waals surface area contributed by atoms with Crippen LogP contribution in [0.4, 0.5) is 5.69 Å². The Morgan fingerprint density at radius 2 is 2.06 bits per heavy atom. The molecule has 0 bridgehead atoms. The fraction of sp³-hybridized carbons (Fsp3) is 0.385. The standard InChI is InChI=1S/C13H17N3OS/c1-2-9-5-3-4-6-11(9)14-13(18)16-15-12(17)10-7-8-10/h3-6,10H,2,7-8H2,1H3,(H,15,17)(H2,14,16,18). The van der Waals surface area contributed by atoms with E-state index in [2.05, 4.69) is 23.1 Å². The minimum Gasteiger partial charge on any atom is -0.331 e. The van der Waals surface area contributed by atoms with Gasteiger partial charge >= 0.3 is 0 Å². The first-order chi connectivity index (χ1) is 8.70. The number of hydrogen-bond acceptors (Lipinski definition) is 2. The molecule has 0 radical (unpaired) electrons. The van der Waals surface area contributed by atoms with Crippen molar-refractivity contribution in [2.75, 3.05) is 5.32 Å². The average molecular weight is 263 g/mol. The molecular formula is C13H17N3OS. The Hall–Kier alpha value is -1.62. The Kier molecular flexibility index (Phi) is 4.15. The van der Waals surface area contributed by atoms with Crippen LogP contribution in [0.15, 0.2) is 24.3 Å². The van der Waals surface area contributed by atoms with Crippen LogP contribution >= 0.6 is 12.2 Å². The zero-order chi connectivity index (χ0) is 13.0. The van der Waals surface area contributed by atoms with Crippen LogP contribution in [0, 0.1) is 5.92 Å². The Morgan fingerprint density at radius 1 is 1.33 bits per heavy atom. The number of rotatable bonds is 3. The van der Waals surface area contributed by atoms with Gasteiger partial charge in [0.1, 0.15) is 0 Å². The van der Waals surface area contributed by atoms with Crippen LogP contribution in [-0.2, 0) is 11.2 Å². The summed E-state index contributed by atoms with van der Waals surface area (Å²) in [7, 11) is 0. The first kappa shape index (κ1) is 12.8. The van der Waals surface area contributed by atoms with Gasteiger partial charge < -0.3 is 5.32 Å². The SMILES string of the molecule is CCc1ccccc1NC(=S)NNC(=O)C1CC1. The molecule has 0 spiro atoms. The molecule has 5 heteroatoms. The number of carbonyl (C=O) groups excluding carboxylic acids is 1. The summed E-state index contributed by atoms with van der Waals surface area (Å²) < 4.78 is 0. The lowest BCUT2D eigenvalue weighted by Crippen LogP contribution is -2.44. The fourth-order valence-electron chi connectivity index (χ4n) is 1.67. The van der Waals surface area contributed by atoms with E-state index in [1.54, 1.807) is 0 Å². The van der Waals surface area contributed by atoms with Crippen molar-refractivity contribution >= 4 is 28.9 Å². The molecule has 18 heavy (non-hydrogen) atoms. The lowest BCUT2D eigenvalue weighted by Gasteiger charge is -2.13. The highest BCUT2D eigenvalue weighted by atomic mass is 32.1. The van der Waals surface area contributed by atoms with E-state index < -0.39 is 0 Å². The van der Waals surface area contributed by atoms with Gasteiger partial charge in [0.2, 0.25) is 5.91 Å². The third-order valence-corrected chi connectivity index (χ3v) is 3.10. The number of aryl methyl sites for hydroxylation is 1. The van der Waals surface area contributed by atoms with Crippen molar-refractivity contribution < 1.29 is 4.79 Å². The summed E-state index contributed by atoms with van der Waals surface area (Å²) in [4.78, 5) is 11.4. The first-order valence-electron chi connectivity index (χ1n) is 6.15. The number of hydrogen-bond donors (Lipinski definition) is 3. The Bertz CT molecular complexity index is 457. The average Bonchev–Trinajstić information content (AvgIpc) is 3.21. The second-order valence-corrected chi connectivity index (χ2v) is 4.76. The van der Waals surface area contributed by atoms with E-state index in [1.165, 1.54) is 5.56 Å². The van der Waals surface area contributed by atoms with Crippen molar-refractivity contribution in [3.8, 4) is 0 Å². The third-order valence-electron chi connectivity index (χ3n) is 2.89. The fourth-order valence-corrected chi connectivity index (χ4v) is 1.83. The molecule has 0 unspecified atom stereocenters. The van der Waals surface area contributed by atoms with E-state index in [0.29, 0.717) is 5.11 Å². The van der Waals surface area contributed by atoms with Crippen molar-refractivity contribution in [2.45, 2.75) is 26.2 Å². The Balaban J connectivity index is 1.84. The van der Waals surface area contributed by atoms with Gasteiger partial charge in [-0.3, -0.25) is 15.6 Å². The molecule has 0 atom stereocenters. The number of thiocarbonyl (C=S) groups is 1. The topological polar surface area (TPSA) is 53.2 Å². The van der Waals surface area contributed by atoms with Crippen LogP contribution in [-0.4, -0.2) is 11.0 Å². The number of amides is 1. The normalized spacial score (nSPS) is 13.8. The highest BCUT2D eigenvalue weighted by Gasteiger charge is 2.29. The number of nitrogens with one attached hydrogen (secondary N) is 3. The van der Waals surface area contributed by atoms with Gasteiger partial charge in [0, 0.05) is 11.6 Å². The van der Waals surface area contributed by atoms with Gasteiger partial charge in [-0.1, -0.05) is 25.1 Å². The van der Waals surface area contributed by atoms with Crippen molar-refractivity contribution in [3.63, 3.8) is 0 Å². The van der Waals surface area contributed by atoms with E-state index in [9.17, 15) is 4.79 Å². The zero-order valence-corrected chi connectivity index (χ0v) is 11.1. The maximum Gasteiger partial charge on any atom is 0.241 e. The lowest BCUT2D eigenvalue weighted by atomic mass is 10.1. The number of hydrazine groups is 1. The molecule has 2 rings (SSSR count). The maximum absolute atomic E-state index is 11.4. The largest absolute Gasteiger partial charge is 0.331 e.